The lowest BCUT2D eigenvalue weighted by Gasteiger charge is -2.16. The summed E-state index contributed by atoms with van der Waals surface area (Å²) in [7, 11) is 0. The van der Waals surface area contributed by atoms with Crippen LogP contribution in [0.15, 0.2) is 48.4 Å². The Morgan fingerprint density at radius 1 is 1.29 bits per heavy atom. The number of benzene rings is 1. The molecule has 2 aliphatic heterocycles. The lowest BCUT2D eigenvalue weighted by molar-refractivity contribution is 0.204. The van der Waals surface area contributed by atoms with Crippen LogP contribution in [-0.4, -0.2) is 16.1 Å². The van der Waals surface area contributed by atoms with Crippen molar-refractivity contribution in [3.05, 3.63) is 54.0 Å². The quantitative estimate of drug-likeness (QED) is 0.742. The van der Waals surface area contributed by atoms with Crippen LogP contribution < -0.4 is 4.90 Å². The predicted octanol–water partition coefficient (Wildman–Crippen LogP) is 2.75. The number of carbonyl (C=O) groups is 1. The van der Waals surface area contributed by atoms with Crippen molar-refractivity contribution < 1.29 is 9.90 Å². The van der Waals surface area contributed by atoms with Crippen LogP contribution in [-0.2, 0) is 6.54 Å². The van der Waals surface area contributed by atoms with Crippen LogP contribution in [0.1, 0.15) is 12.0 Å². The van der Waals surface area contributed by atoms with Gasteiger partial charge in [-0.2, -0.15) is 0 Å². The standard InChI is InChI=1S/C13H12N2O2/c16-13(17)15-9-11-5-3-7-14(11)8-10-4-1-2-6-12(10)15/h1-4,6-7,9H,5,8H2,(H,16,17). The minimum Gasteiger partial charge on any atom is -0.464 e. The first-order chi connectivity index (χ1) is 8.25. The van der Waals surface area contributed by atoms with Gasteiger partial charge in [-0.25, -0.2) is 4.79 Å². The van der Waals surface area contributed by atoms with Gasteiger partial charge in [0.1, 0.15) is 0 Å². The molecule has 1 aromatic rings. The molecule has 0 fully saturated rings. The molecule has 2 aliphatic rings. The summed E-state index contributed by atoms with van der Waals surface area (Å²) in [6.07, 6.45) is 5.60. The van der Waals surface area contributed by atoms with Gasteiger partial charge >= 0.3 is 6.09 Å². The van der Waals surface area contributed by atoms with Crippen molar-refractivity contribution in [1.29, 1.82) is 0 Å². The maximum Gasteiger partial charge on any atom is 0.416 e. The molecule has 17 heavy (non-hydrogen) atoms. The van der Waals surface area contributed by atoms with Crippen LogP contribution >= 0.6 is 0 Å². The maximum atomic E-state index is 11.3. The Labute approximate surface area is 99.1 Å². The molecule has 0 saturated carbocycles. The van der Waals surface area contributed by atoms with E-state index in [4.69, 9.17) is 0 Å². The third-order valence-electron chi connectivity index (χ3n) is 3.06. The van der Waals surface area contributed by atoms with Gasteiger partial charge in [0.15, 0.2) is 0 Å². The molecule has 1 amide bonds. The second kappa shape index (κ2) is 3.66. The molecular formula is C13H12N2O2. The highest BCUT2D eigenvalue weighted by molar-refractivity contribution is 5.89. The van der Waals surface area contributed by atoms with Gasteiger partial charge in [-0.1, -0.05) is 24.3 Å². The number of fused-ring (bicyclic) bond motifs is 2. The van der Waals surface area contributed by atoms with Crippen molar-refractivity contribution in [3.63, 3.8) is 0 Å². The van der Waals surface area contributed by atoms with E-state index in [-0.39, 0.29) is 0 Å². The first-order valence-corrected chi connectivity index (χ1v) is 5.50. The zero-order valence-corrected chi connectivity index (χ0v) is 9.21. The van der Waals surface area contributed by atoms with Crippen LogP contribution in [0.25, 0.3) is 0 Å². The number of nitrogens with zero attached hydrogens (tertiary/aromatic N) is 2. The first kappa shape index (κ1) is 9.96. The molecule has 4 heteroatoms. The van der Waals surface area contributed by atoms with Crippen LogP contribution in [0.4, 0.5) is 10.5 Å². The lowest BCUT2D eigenvalue weighted by Crippen LogP contribution is -2.23. The molecule has 0 saturated heterocycles. The Bertz CT molecular complexity index is 534. The fraction of sp³-hybridized carbons (Fsp3) is 0.154. The van der Waals surface area contributed by atoms with Gasteiger partial charge in [0, 0.05) is 31.1 Å². The van der Waals surface area contributed by atoms with Gasteiger partial charge in [-0.3, -0.25) is 4.90 Å². The fourth-order valence-electron chi connectivity index (χ4n) is 2.23. The Hall–Kier alpha value is -2.23. The summed E-state index contributed by atoms with van der Waals surface area (Å²) >= 11 is 0. The second-order valence-electron chi connectivity index (χ2n) is 4.12. The summed E-state index contributed by atoms with van der Waals surface area (Å²) < 4.78 is 0. The largest absolute Gasteiger partial charge is 0.464 e. The van der Waals surface area contributed by atoms with Crippen LogP contribution in [0.3, 0.4) is 0 Å². The number of para-hydroxylation sites is 1. The SMILES string of the molecule is O=C(O)N1C=C2CC=CN2Cc2ccccc21. The van der Waals surface area contributed by atoms with E-state index >= 15 is 0 Å². The summed E-state index contributed by atoms with van der Waals surface area (Å²) in [6.45, 7) is 0.724. The van der Waals surface area contributed by atoms with Crippen molar-refractivity contribution in [2.45, 2.75) is 13.0 Å². The van der Waals surface area contributed by atoms with Gasteiger partial charge in [-0.15, -0.1) is 0 Å². The van der Waals surface area contributed by atoms with E-state index < -0.39 is 6.09 Å². The molecule has 0 bridgehead atoms. The summed E-state index contributed by atoms with van der Waals surface area (Å²) in [5.41, 5.74) is 2.78. The molecular weight excluding hydrogens is 216 g/mol. The number of allylic oxidation sites excluding steroid dienone is 1. The maximum absolute atomic E-state index is 11.3. The van der Waals surface area contributed by atoms with Crippen LogP contribution in [0.2, 0.25) is 0 Å². The monoisotopic (exact) mass is 228 g/mol. The van der Waals surface area contributed by atoms with E-state index in [9.17, 15) is 9.90 Å². The average Bonchev–Trinajstić information content (AvgIpc) is 2.68. The molecule has 4 nitrogen and oxygen atoms in total. The molecule has 0 aliphatic carbocycles. The van der Waals surface area contributed by atoms with E-state index in [1.54, 1.807) is 6.20 Å². The zero-order chi connectivity index (χ0) is 11.8. The second-order valence-corrected chi connectivity index (χ2v) is 4.12. The topological polar surface area (TPSA) is 43.8 Å². The molecule has 0 spiro atoms. The van der Waals surface area contributed by atoms with Gasteiger partial charge in [-0.05, 0) is 11.6 Å². The number of hydrogen-bond acceptors (Lipinski definition) is 2. The number of hydrogen-bond donors (Lipinski definition) is 1. The summed E-state index contributed by atoms with van der Waals surface area (Å²) in [5.74, 6) is 0. The van der Waals surface area contributed by atoms with E-state index in [0.29, 0.717) is 0 Å². The molecule has 0 atom stereocenters. The molecule has 0 aromatic heterocycles. The number of anilines is 1. The van der Waals surface area contributed by atoms with Crippen LogP contribution in [0.5, 0.6) is 0 Å². The smallest absolute Gasteiger partial charge is 0.416 e. The molecule has 1 aromatic carbocycles. The zero-order valence-electron chi connectivity index (χ0n) is 9.21. The third kappa shape index (κ3) is 1.58. The van der Waals surface area contributed by atoms with Gasteiger partial charge in [0.25, 0.3) is 0 Å². The van der Waals surface area contributed by atoms with E-state index in [1.807, 2.05) is 36.5 Å². The molecule has 3 rings (SSSR count). The van der Waals surface area contributed by atoms with Gasteiger partial charge < -0.3 is 10.0 Å². The number of amides is 1. The van der Waals surface area contributed by atoms with Gasteiger partial charge in [0.2, 0.25) is 0 Å². The van der Waals surface area contributed by atoms with Crippen LogP contribution in [0, 0.1) is 0 Å². The highest BCUT2D eigenvalue weighted by Gasteiger charge is 2.24. The molecule has 0 radical (unpaired) electrons. The highest BCUT2D eigenvalue weighted by atomic mass is 16.4. The van der Waals surface area contributed by atoms with Crippen molar-refractivity contribution in [2.24, 2.45) is 0 Å². The first-order valence-electron chi connectivity index (χ1n) is 5.50. The molecule has 0 unspecified atom stereocenters. The van der Waals surface area contributed by atoms with E-state index in [0.717, 1.165) is 29.9 Å². The van der Waals surface area contributed by atoms with E-state index in [1.165, 1.54) is 4.90 Å². The molecule has 1 N–H and O–H groups in total. The minimum absolute atomic E-state index is 0.724. The third-order valence-corrected chi connectivity index (χ3v) is 3.06. The summed E-state index contributed by atoms with van der Waals surface area (Å²) in [6, 6.07) is 7.60. The number of rotatable bonds is 0. The summed E-state index contributed by atoms with van der Waals surface area (Å²) in [5, 5.41) is 9.27. The van der Waals surface area contributed by atoms with E-state index in [2.05, 4.69) is 4.90 Å². The molecule has 2 heterocycles. The van der Waals surface area contributed by atoms with Gasteiger partial charge in [0.05, 0.1) is 5.69 Å². The van der Waals surface area contributed by atoms with Crippen molar-refractivity contribution in [1.82, 2.24) is 4.90 Å². The van der Waals surface area contributed by atoms with Crippen molar-refractivity contribution in [2.75, 3.05) is 4.90 Å². The summed E-state index contributed by atoms with van der Waals surface area (Å²) in [4.78, 5) is 14.7. The van der Waals surface area contributed by atoms with Crippen molar-refractivity contribution >= 4 is 11.8 Å². The lowest BCUT2D eigenvalue weighted by atomic mass is 10.1. The van der Waals surface area contributed by atoms with Crippen molar-refractivity contribution in [3.8, 4) is 0 Å². The average molecular weight is 228 g/mol. The fourth-order valence-corrected chi connectivity index (χ4v) is 2.23. The highest BCUT2D eigenvalue weighted by Crippen LogP contribution is 2.31. The Morgan fingerprint density at radius 3 is 2.94 bits per heavy atom. The Balaban J connectivity index is 2.13. The minimum atomic E-state index is -0.946. The predicted molar refractivity (Wildman–Crippen MR) is 64.3 cm³/mol. The molecule has 86 valence electrons. The Morgan fingerprint density at radius 2 is 2.12 bits per heavy atom. The number of carboxylic acid groups (broad SMARTS) is 1. The normalized spacial score (nSPS) is 17.3. The Kier molecular flexibility index (Phi) is 2.14.